The molecule has 1 unspecified atom stereocenters. The normalized spacial score (nSPS) is 13.4. The van der Waals surface area contributed by atoms with Crippen LogP contribution in [-0.4, -0.2) is 34.0 Å². The lowest BCUT2D eigenvalue weighted by Crippen LogP contribution is -2.39. The summed E-state index contributed by atoms with van der Waals surface area (Å²) < 4.78 is 53.7. The highest BCUT2D eigenvalue weighted by molar-refractivity contribution is 7.91. The number of aliphatic imine (C=N–C) groups is 1. The molecule has 2 rings (SSSR count). The summed E-state index contributed by atoms with van der Waals surface area (Å²) >= 11 is 1.14. The zero-order chi connectivity index (χ0) is 19.9. The van der Waals surface area contributed by atoms with Crippen LogP contribution in [0.25, 0.3) is 0 Å². The Balaban J connectivity index is 1.95. The van der Waals surface area contributed by atoms with Crippen molar-refractivity contribution in [3.05, 3.63) is 52.9 Å². The van der Waals surface area contributed by atoms with E-state index in [2.05, 4.69) is 20.3 Å². The van der Waals surface area contributed by atoms with Gasteiger partial charge >= 0.3 is 0 Å². The van der Waals surface area contributed by atoms with Crippen molar-refractivity contribution in [2.75, 3.05) is 19.6 Å². The Labute approximate surface area is 161 Å². The maximum Gasteiger partial charge on any atom is 0.250 e. The second kappa shape index (κ2) is 9.77. The lowest BCUT2D eigenvalue weighted by Gasteiger charge is -2.18. The van der Waals surface area contributed by atoms with E-state index in [9.17, 15) is 17.2 Å². The molecule has 0 saturated carbocycles. The molecule has 0 aliphatic carbocycles. The van der Waals surface area contributed by atoms with Crippen molar-refractivity contribution in [2.24, 2.45) is 4.99 Å². The minimum Gasteiger partial charge on any atom is -0.357 e. The molecule has 0 bridgehead atoms. The monoisotopic (exact) mass is 416 g/mol. The van der Waals surface area contributed by atoms with Crippen molar-refractivity contribution < 1.29 is 17.2 Å². The summed E-state index contributed by atoms with van der Waals surface area (Å²) in [4.78, 5) is 4.28. The van der Waals surface area contributed by atoms with Crippen molar-refractivity contribution in [2.45, 2.75) is 24.1 Å². The molecule has 0 spiro atoms. The molecular weight excluding hydrogens is 394 g/mol. The summed E-state index contributed by atoms with van der Waals surface area (Å²) in [6.45, 7) is 4.49. The molecule has 0 aliphatic rings. The molecule has 1 aromatic carbocycles. The first-order valence-corrected chi connectivity index (χ1v) is 10.7. The van der Waals surface area contributed by atoms with Crippen LogP contribution in [0.2, 0.25) is 0 Å². The molecule has 1 heterocycles. The number of nitrogens with one attached hydrogen (secondary N) is 3. The van der Waals surface area contributed by atoms with Crippen LogP contribution in [0.1, 0.15) is 25.5 Å². The van der Waals surface area contributed by atoms with Gasteiger partial charge in [-0.1, -0.05) is 12.1 Å². The third-order valence-corrected chi connectivity index (χ3v) is 6.42. The SMILES string of the molecule is CCNC(=NCCNS(=O)(=O)c1cccs1)NC(C)c1ccc(F)cc1F. The number of rotatable bonds is 8. The van der Waals surface area contributed by atoms with Gasteiger partial charge in [0.2, 0.25) is 10.0 Å². The summed E-state index contributed by atoms with van der Waals surface area (Å²) in [5.41, 5.74) is 0.306. The Bertz CT molecular complexity index is 871. The first-order chi connectivity index (χ1) is 12.8. The molecule has 27 heavy (non-hydrogen) atoms. The van der Waals surface area contributed by atoms with E-state index in [1.807, 2.05) is 6.92 Å². The van der Waals surface area contributed by atoms with Crippen molar-refractivity contribution in [3.8, 4) is 0 Å². The van der Waals surface area contributed by atoms with Crippen LogP contribution in [0.4, 0.5) is 8.78 Å². The summed E-state index contributed by atoms with van der Waals surface area (Å²) in [6, 6.07) is 6.14. The number of hydrogen-bond acceptors (Lipinski definition) is 4. The molecule has 2 aromatic rings. The Hall–Kier alpha value is -2.04. The van der Waals surface area contributed by atoms with Gasteiger partial charge in [-0.15, -0.1) is 11.3 Å². The van der Waals surface area contributed by atoms with Crippen LogP contribution in [0.3, 0.4) is 0 Å². The predicted octanol–water partition coefficient (Wildman–Crippen LogP) is 2.62. The topological polar surface area (TPSA) is 82.6 Å². The number of nitrogens with zero attached hydrogens (tertiary/aromatic N) is 1. The van der Waals surface area contributed by atoms with E-state index in [0.29, 0.717) is 18.1 Å². The highest BCUT2D eigenvalue weighted by atomic mass is 32.2. The Morgan fingerprint density at radius 2 is 2.07 bits per heavy atom. The van der Waals surface area contributed by atoms with Crippen LogP contribution in [0.15, 0.2) is 44.9 Å². The van der Waals surface area contributed by atoms with Gasteiger partial charge in [0, 0.05) is 24.7 Å². The zero-order valence-corrected chi connectivity index (χ0v) is 16.6. The molecule has 148 valence electrons. The van der Waals surface area contributed by atoms with Crippen molar-refractivity contribution in [1.29, 1.82) is 0 Å². The summed E-state index contributed by atoms with van der Waals surface area (Å²) in [6.07, 6.45) is 0. The highest BCUT2D eigenvalue weighted by Crippen LogP contribution is 2.17. The summed E-state index contributed by atoms with van der Waals surface area (Å²) in [5, 5.41) is 7.72. The second-order valence-electron chi connectivity index (χ2n) is 5.62. The van der Waals surface area contributed by atoms with Crippen LogP contribution in [0, 0.1) is 11.6 Å². The van der Waals surface area contributed by atoms with Crippen LogP contribution in [0.5, 0.6) is 0 Å². The van der Waals surface area contributed by atoms with Gasteiger partial charge in [-0.25, -0.2) is 21.9 Å². The van der Waals surface area contributed by atoms with Gasteiger partial charge in [-0.2, -0.15) is 0 Å². The largest absolute Gasteiger partial charge is 0.357 e. The van der Waals surface area contributed by atoms with E-state index in [4.69, 9.17) is 0 Å². The van der Waals surface area contributed by atoms with Gasteiger partial charge in [0.05, 0.1) is 12.6 Å². The van der Waals surface area contributed by atoms with E-state index >= 15 is 0 Å². The van der Waals surface area contributed by atoms with Gasteiger partial charge in [0.25, 0.3) is 0 Å². The van der Waals surface area contributed by atoms with Crippen molar-refractivity contribution in [1.82, 2.24) is 15.4 Å². The smallest absolute Gasteiger partial charge is 0.250 e. The molecule has 0 fully saturated rings. The predicted molar refractivity (Wildman–Crippen MR) is 103 cm³/mol. The molecule has 0 saturated heterocycles. The van der Waals surface area contributed by atoms with E-state index in [-0.39, 0.29) is 17.3 Å². The number of thiophene rings is 1. The third kappa shape index (κ3) is 6.26. The fourth-order valence-corrected chi connectivity index (χ4v) is 4.35. The third-order valence-electron chi connectivity index (χ3n) is 3.56. The van der Waals surface area contributed by atoms with Crippen molar-refractivity contribution >= 4 is 27.3 Å². The molecule has 0 aliphatic heterocycles. The first kappa shape index (κ1) is 21.3. The van der Waals surface area contributed by atoms with E-state index in [1.165, 1.54) is 18.2 Å². The Kier molecular flexibility index (Phi) is 7.69. The molecular formula is C17H22F2N4O2S2. The molecule has 10 heteroatoms. The second-order valence-corrected chi connectivity index (χ2v) is 8.56. The lowest BCUT2D eigenvalue weighted by molar-refractivity contribution is 0.550. The number of benzene rings is 1. The summed E-state index contributed by atoms with van der Waals surface area (Å²) in [7, 11) is -3.53. The minimum absolute atomic E-state index is 0.121. The van der Waals surface area contributed by atoms with Crippen LogP contribution < -0.4 is 15.4 Å². The standard InChI is InChI=1S/C17H22F2N4O2S2/c1-3-20-17(23-12(2)14-7-6-13(18)11-15(14)19)21-8-9-22-27(24,25)16-5-4-10-26-16/h4-7,10-12,22H,3,8-9H2,1-2H3,(H2,20,21,23). The van der Waals surface area contributed by atoms with Crippen molar-refractivity contribution in [3.63, 3.8) is 0 Å². The number of halogens is 2. The molecule has 1 aromatic heterocycles. The summed E-state index contributed by atoms with van der Waals surface area (Å²) in [5.74, 6) is -0.874. The first-order valence-electron chi connectivity index (χ1n) is 8.36. The minimum atomic E-state index is -3.53. The molecule has 1 atom stereocenters. The molecule has 0 amide bonds. The fourth-order valence-electron chi connectivity index (χ4n) is 2.29. The quantitative estimate of drug-likeness (QED) is 0.351. The number of guanidine groups is 1. The van der Waals surface area contributed by atoms with Gasteiger partial charge in [0.1, 0.15) is 15.8 Å². The van der Waals surface area contributed by atoms with Crippen LogP contribution >= 0.6 is 11.3 Å². The van der Waals surface area contributed by atoms with Crippen LogP contribution in [-0.2, 0) is 10.0 Å². The lowest BCUT2D eigenvalue weighted by atomic mass is 10.1. The molecule has 6 nitrogen and oxygen atoms in total. The number of hydrogen-bond donors (Lipinski definition) is 3. The van der Waals surface area contributed by atoms with Gasteiger partial charge in [-0.05, 0) is 31.4 Å². The Morgan fingerprint density at radius 1 is 1.30 bits per heavy atom. The van der Waals surface area contributed by atoms with E-state index < -0.39 is 27.7 Å². The average molecular weight is 417 g/mol. The van der Waals surface area contributed by atoms with Gasteiger partial charge in [0.15, 0.2) is 5.96 Å². The highest BCUT2D eigenvalue weighted by Gasteiger charge is 2.15. The maximum absolute atomic E-state index is 13.9. The Morgan fingerprint density at radius 3 is 2.70 bits per heavy atom. The van der Waals surface area contributed by atoms with Gasteiger partial charge < -0.3 is 10.6 Å². The van der Waals surface area contributed by atoms with Gasteiger partial charge in [-0.3, -0.25) is 4.99 Å². The van der Waals surface area contributed by atoms with E-state index in [1.54, 1.807) is 18.4 Å². The average Bonchev–Trinajstić information content (AvgIpc) is 3.14. The fraction of sp³-hybridized carbons (Fsp3) is 0.353. The van der Waals surface area contributed by atoms with E-state index in [0.717, 1.165) is 17.4 Å². The number of sulfonamides is 1. The molecule has 0 radical (unpaired) electrons. The maximum atomic E-state index is 13.9. The molecule has 3 N–H and O–H groups in total. The zero-order valence-electron chi connectivity index (χ0n) is 15.0.